The molecule has 4 fully saturated rings. The Balaban J connectivity index is 1.13. The predicted molar refractivity (Wildman–Crippen MR) is 244 cm³/mol. The van der Waals surface area contributed by atoms with E-state index in [9.17, 15) is 15.0 Å². The highest BCUT2D eigenvalue weighted by Crippen LogP contribution is 2.37. The van der Waals surface area contributed by atoms with Crippen molar-refractivity contribution in [1.29, 1.82) is 0 Å². The van der Waals surface area contributed by atoms with Crippen molar-refractivity contribution in [3.05, 3.63) is 144 Å². The van der Waals surface area contributed by atoms with Crippen LogP contribution in [0.1, 0.15) is 42.5 Å². The average molecular weight is 944 g/mol. The number of amides is 1. The molecule has 1 amide bonds. The summed E-state index contributed by atoms with van der Waals surface area (Å²) in [7, 11) is 1.48. The number of ether oxygens (including phenoxy) is 12. The minimum atomic E-state index is -1.59. The Morgan fingerprint density at radius 3 is 1.76 bits per heavy atom. The molecule has 15 atom stereocenters. The molecule has 16 heteroatoms. The molecule has 3 N–H and O–H groups in total. The summed E-state index contributed by atoms with van der Waals surface area (Å²) >= 11 is 0. The Hall–Kier alpha value is -4.21. The van der Waals surface area contributed by atoms with Gasteiger partial charge in [0.1, 0.15) is 67.1 Å². The summed E-state index contributed by atoms with van der Waals surface area (Å²) in [5.41, 5.74) is 3.74. The summed E-state index contributed by atoms with van der Waals surface area (Å²) in [6.07, 6.45) is -14.4. The number of fused-ring (bicyclic) bond motifs is 3. The SMILES string of the molecule is CO[C@@H]1O[C@H](COCc2ccccc2)[C@H]2O[C@@H]3O[C@H](COCCCO[C@@H]2[C@H]1NC(C)=O)[C@H](O)[C@H](O)[C@H]3O[C@@H]1O[C@@H](C)[C@@H](OCc2ccccc2)[C@@H](OCc2ccccc2)[C@@H]1OCc1ccccc1. The molecule has 0 saturated carbocycles. The van der Waals surface area contributed by atoms with Crippen LogP contribution in [-0.4, -0.2) is 142 Å². The second-order valence-electron chi connectivity index (χ2n) is 17.5. The third-order valence-corrected chi connectivity index (χ3v) is 12.5. The summed E-state index contributed by atoms with van der Waals surface area (Å²) in [4.78, 5) is 12.7. The van der Waals surface area contributed by atoms with Gasteiger partial charge in [-0.1, -0.05) is 121 Å². The molecular formula is C52H65NO15. The second-order valence-corrected chi connectivity index (χ2v) is 17.5. The molecule has 0 spiro atoms. The van der Waals surface area contributed by atoms with Crippen molar-refractivity contribution in [1.82, 2.24) is 5.32 Å². The summed E-state index contributed by atoms with van der Waals surface area (Å²) in [6.45, 7) is 4.63. The van der Waals surface area contributed by atoms with Gasteiger partial charge in [0, 0.05) is 27.2 Å². The lowest BCUT2D eigenvalue weighted by Crippen LogP contribution is -2.69. The van der Waals surface area contributed by atoms with E-state index in [0.29, 0.717) is 6.42 Å². The topological polar surface area (TPSA) is 180 Å². The molecule has 8 rings (SSSR count). The number of aliphatic hydroxyl groups excluding tert-OH is 2. The largest absolute Gasteiger partial charge is 0.387 e. The Kier molecular flexibility index (Phi) is 18.5. The van der Waals surface area contributed by atoms with Gasteiger partial charge in [0.25, 0.3) is 0 Å². The predicted octanol–water partition coefficient (Wildman–Crippen LogP) is 4.60. The van der Waals surface area contributed by atoms with Gasteiger partial charge in [-0.3, -0.25) is 4.79 Å². The number of hydrogen-bond donors (Lipinski definition) is 3. The summed E-state index contributed by atoms with van der Waals surface area (Å²) in [5.74, 6) is -0.342. The van der Waals surface area contributed by atoms with Gasteiger partial charge in [-0.05, 0) is 35.6 Å². The van der Waals surface area contributed by atoms with Crippen molar-refractivity contribution in [2.75, 3.05) is 33.5 Å². The Morgan fingerprint density at radius 1 is 0.632 bits per heavy atom. The van der Waals surface area contributed by atoms with Crippen LogP contribution in [0, 0.1) is 0 Å². The molecule has 4 aliphatic heterocycles. The molecule has 0 aromatic heterocycles. The van der Waals surface area contributed by atoms with E-state index in [2.05, 4.69) is 5.32 Å². The quantitative estimate of drug-likeness (QED) is 0.134. The van der Waals surface area contributed by atoms with E-state index in [1.807, 2.05) is 128 Å². The number of methoxy groups -OCH3 is 1. The molecule has 4 saturated heterocycles. The number of aliphatic hydroxyl groups is 2. The number of benzene rings is 4. The van der Waals surface area contributed by atoms with Crippen molar-refractivity contribution >= 4 is 5.91 Å². The Morgan fingerprint density at radius 2 is 1.19 bits per heavy atom. The lowest BCUT2D eigenvalue weighted by molar-refractivity contribution is -0.390. The zero-order valence-electron chi connectivity index (χ0n) is 38.8. The van der Waals surface area contributed by atoms with Crippen molar-refractivity contribution in [2.45, 2.75) is 139 Å². The van der Waals surface area contributed by atoms with Crippen LogP contribution in [0.4, 0.5) is 0 Å². The highest BCUT2D eigenvalue weighted by molar-refractivity contribution is 5.73. The van der Waals surface area contributed by atoms with E-state index < -0.39 is 92.1 Å². The zero-order valence-corrected chi connectivity index (χ0v) is 38.8. The fraction of sp³-hybridized carbons (Fsp3) is 0.519. The third-order valence-electron chi connectivity index (χ3n) is 12.5. The summed E-state index contributed by atoms with van der Waals surface area (Å²) in [5, 5.41) is 26.9. The number of hydrogen-bond acceptors (Lipinski definition) is 15. The van der Waals surface area contributed by atoms with Gasteiger partial charge in [-0.15, -0.1) is 0 Å². The molecule has 68 heavy (non-hydrogen) atoms. The lowest BCUT2D eigenvalue weighted by Gasteiger charge is -2.51. The number of rotatable bonds is 17. The minimum Gasteiger partial charge on any atom is -0.387 e. The van der Waals surface area contributed by atoms with Gasteiger partial charge in [0.05, 0.1) is 45.7 Å². The number of carbonyl (C=O) groups is 1. The third kappa shape index (κ3) is 13.1. The maximum absolute atomic E-state index is 12.7. The van der Waals surface area contributed by atoms with E-state index in [-0.39, 0.29) is 58.8 Å². The van der Waals surface area contributed by atoms with Gasteiger partial charge < -0.3 is 72.4 Å². The van der Waals surface area contributed by atoms with E-state index in [4.69, 9.17) is 56.8 Å². The maximum Gasteiger partial charge on any atom is 0.217 e. The second kappa shape index (κ2) is 25.1. The molecule has 0 radical (unpaired) electrons. The van der Waals surface area contributed by atoms with E-state index >= 15 is 0 Å². The zero-order chi connectivity index (χ0) is 47.2. The van der Waals surface area contributed by atoms with Crippen molar-refractivity contribution in [3.63, 3.8) is 0 Å². The molecule has 368 valence electrons. The van der Waals surface area contributed by atoms with Crippen LogP contribution in [0.2, 0.25) is 0 Å². The fourth-order valence-electron chi connectivity index (χ4n) is 9.02. The highest BCUT2D eigenvalue weighted by Gasteiger charge is 2.56. The van der Waals surface area contributed by atoms with E-state index in [1.165, 1.54) is 14.0 Å². The first-order valence-corrected chi connectivity index (χ1v) is 23.5. The van der Waals surface area contributed by atoms with Crippen LogP contribution in [0.25, 0.3) is 0 Å². The van der Waals surface area contributed by atoms with Crippen LogP contribution in [0.5, 0.6) is 0 Å². The highest BCUT2D eigenvalue weighted by atomic mass is 16.8. The first-order chi connectivity index (χ1) is 33.2. The average Bonchev–Trinajstić information content (AvgIpc) is 3.35. The fourth-order valence-corrected chi connectivity index (χ4v) is 9.02. The van der Waals surface area contributed by atoms with Gasteiger partial charge in [-0.25, -0.2) is 0 Å². The maximum atomic E-state index is 12.7. The van der Waals surface area contributed by atoms with Crippen molar-refractivity contribution < 1.29 is 71.8 Å². The lowest BCUT2D eigenvalue weighted by atomic mass is 9.94. The van der Waals surface area contributed by atoms with Crippen LogP contribution in [0.3, 0.4) is 0 Å². The number of carbonyl (C=O) groups excluding carboxylic acids is 1. The molecule has 0 aliphatic carbocycles. The first kappa shape index (κ1) is 50.2. The molecule has 16 nitrogen and oxygen atoms in total. The summed E-state index contributed by atoms with van der Waals surface area (Å²) in [6, 6.07) is 38.2. The van der Waals surface area contributed by atoms with Crippen LogP contribution < -0.4 is 5.32 Å². The van der Waals surface area contributed by atoms with Gasteiger partial charge in [0.15, 0.2) is 18.9 Å². The molecule has 4 aromatic carbocycles. The van der Waals surface area contributed by atoms with Gasteiger partial charge in [-0.2, -0.15) is 0 Å². The molecule has 0 unspecified atom stereocenters. The van der Waals surface area contributed by atoms with Crippen molar-refractivity contribution in [2.24, 2.45) is 0 Å². The monoisotopic (exact) mass is 943 g/mol. The van der Waals surface area contributed by atoms with Crippen molar-refractivity contribution in [3.8, 4) is 0 Å². The molecule has 2 bridgehead atoms. The van der Waals surface area contributed by atoms with E-state index in [1.54, 1.807) is 0 Å². The molecule has 4 aromatic rings. The smallest absolute Gasteiger partial charge is 0.217 e. The molecular weight excluding hydrogens is 879 g/mol. The van der Waals surface area contributed by atoms with Crippen LogP contribution >= 0.6 is 0 Å². The Labute approximate surface area is 397 Å². The Bertz CT molecular complexity index is 2070. The van der Waals surface area contributed by atoms with Crippen LogP contribution in [0.15, 0.2) is 121 Å². The summed E-state index contributed by atoms with van der Waals surface area (Å²) < 4.78 is 78.5. The normalized spacial score (nSPS) is 33.3. The van der Waals surface area contributed by atoms with Crippen LogP contribution in [-0.2, 0) is 88.1 Å². The standard InChI is InChI=1S/C52H65NO15/c1-33-44(61-28-36-19-10-5-11-20-36)48(62-29-37-21-12-6-13-22-37)49(63-30-38-23-14-7-15-24-38)52(64-33)68-47-43(56)42(55)39-31-58-25-16-26-60-46-41(53-34(2)54)50(57-3)66-40(45(46)67-51(47)65-39)32-59-27-35-17-8-4-9-18-35/h4-15,17-24,33,39-52,55-56H,16,25-32H2,1-3H3,(H,53,54)/t33-,39+,40+,41+,42-,43-,44+,45+,46+,47+,48+,49-,50+,51-,52-/m0/s1. The van der Waals surface area contributed by atoms with Gasteiger partial charge in [0.2, 0.25) is 5.91 Å². The van der Waals surface area contributed by atoms with Gasteiger partial charge >= 0.3 is 0 Å². The van der Waals surface area contributed by atoms with E-state index in [0.717, 1.165) is 22.3 Å². The molecule has 4 heterocycles. The minimum absolute atomic E-state index is 0.0193. The molecule has 4 aliphatic rings. The number of nitrogens with one attached hydrogen (secondary N) is 1. The first-order valence-electron chi connectivity index (χ1n) is 23.5.